The van der Waals surface area contributed by atoms with Gasteiger partial charge in [-0.1, -0.05) is 13.0 Å². The highest BCUT2D eigenvalue weighted by Gasteiger charge is 2.35. The first-order chi connectivity index (χ1) is 8.25. The Morgan fingerprint density at radius 2 is 2.00 bits per heavy atom. The molecule has 0 spiro atoms. The van der Waals surface area contributed by atoms with Crippen molar-refractivity contribution in [2.24, 2.45) is 0 Å². The Kier molecular flexibility index (Phi) is 4.05. The van der Waals surface area contributed by atoms with Gasteiger partial charge in [-0.25, -0.2) is 0 Å². The average Bonchev–Trinajstić information content (AvgIpc) is 2.27. The lowest BCUT2D eigenvalue weighted by molar-refractivity contribution is -0.385. The van der Waals surface area contributed by atoms with E-state index in [9.17, 15) is 28.1 Å². The van der Waals surface area contributed by atoms with Crippen molar-refractivity contribution in [1.29, 1.82) is 0 Å². The van der Waals surface area contributed by atoms with Crippen LogP contribution in [0, 0.1) is 10.1 Å². The van der Waals surface area contributed by atoms with Crippen molar-refractivity contribution in [3.63, 3.8) is 0 Å². The van der Waals surface area contributed by atoms with Gasteiger partial charge < -0.3 is 0 Å². The van der Waals surface area contributed by atoms with Crippen molar-refractivity contribution in [1.82, 2.24) is 0 Å². The molecule has 0 saturated heterocycles. The number of Topliss-reactive ketones (excluding diaryl/α,β-unsaturated/α-hetero) is 1. The lowest BCUT2D eigenvalue weighted by Crippen LogP contribution is -2.12. The van der Waals surface area contributed by atoms with E-state index in [1.54, 1.807) is 6.92 Å². The number of benzene rings is 1. The van der Waals surface area contributed by atoms with Crippen molar-refractivity contribution in [3.05, 3.63) is 39.4 Å². The summed E-state index contributed by atoms with van der Waals surface area (Å²) in [6, 6.07) is 2.40. The van der Waals surface area contributed by atoms with Crippen LogP contribution < -0.4 is 0 Å². The number of nitro benzene ring substituents is 1. The zero-order valence-electron chi connectivity index (χ0n) is 9.45. The summed E-state index contributed by atoms with van der Waals surface area (Å²) in [5.74, 6) is -0.352. The molecule has 0 aromatic heterocycles. The van der Waals surface area contributed by atoms with E-state index in [1.807, 2.05) is 0 Å². The zero-order valence-corrected chi connectivity index (χ0v) is 9.45. The molecule has 1 aromatic carbocycles. The van der Waals surface area contributed by atoms with E-state index in [1.165, 1.54) is 0 Å². The third-order valence-corrected chi connectivity index (χ3v) is 2.39. The molecule has 0 amide bonds. The van der Waals surface area contributed by atoms with Crippen LogP contribution in [-0.4, -0.2) is 10.7 Å². The molecule has 0 fully saturated rings. The molecular weight excluding hydrogens is 251 g/mol. The van der Waals surface area contributed by atoms with Gasteiger partial charge in [0.2, 0.25) is 0 Å². The maximum Gasteiger partial charge on any atom is 0.416 e. The van der Waals surface area contributed by atoms with Crippen molar-refractivity contribution in [2.45, 2.75) is 25.9 Å². The Bertz CT molecular complexity index is 483. The molecule has 0 saturated carbocycles. The molecule has 0 N–H and O–H groups in total. The van der Waals surface area contributed by atoms with Gasteiger partial charge in [0, 0.05) is 25.0 Å². The number of carbonyl (C=O) groups is 1. The molecule has 1 rings (SSSR count). The van der Waals surface area contributed by atoms with E-state index in [2.05, 4.69) is 0 Å². The summed E-state index contributed by atoms with van der Waals surface area (Å²) >= 11 is 0. The van der Waals surface area contributed by atoms with Crippen LogP contribution in [0.3, 0.4) is 0 Å². The Morgan fingerprint density at radius 1 is 1.39 bits per heavy atom. The maximum atomic E-state index is 12.7. The van der Waals surface area contributed by atoms with Crippen molar-refractivity contribution >= 4 is 11.5 Å². The van der Waals surface area contributed by atoms with Gasteiger partial charge in [0.1, 0.15) is 5.78 Å². The smallest absolute Gasteiger partial charge is 0.299 e. The molecule has 0 atom stereocenters. The fourth-order valence-corrected chi connectivity index (χ4v) is 1.43. The van der Waals surface area contributed by atoms with Gasteiger partial charge in [-0.15, -0.1) is 0 Å². The Morgan fingerprint density at radius 3 is 2.44 bits per heavy atom. The number of alkyl halides is 3. The van der Waals surface area contributed by atoms with Crippen LogP contribution in [0.4, 0.5) is 18.9 Å². The van der Waals surface area contributed by atoms with E-state index in [4.69, 9.17) is 0 Å². The first kappa shape index (κ1) is 14.1. The summed E-state index contributed by atoms with van der Waals surface area (Å²) in [6.45, 7) is 1.54. The van der Waals surface area contributed by atoms with Gasteiger partial charge in [0.15, 0.2) is 0 Å². The number of carbonyl (C=O) groups excluding carboxylic acids is 1. The van der Waals surface area contributed by atoms with Crippen molar-refractivity contribution < 1.29 is 22.9 Å². The van der Waals surface area contributed by atoms with E-state index in [0.717, 1.165) is 12.1 Å². The largest absolute Gasteiger partial charge is 0.416 e. The number of non-ortho nitro benzene ring substituents is 1. The minimum Gasteiger partial charge on any atom is -0.299 e. The number of hydrogen-bond donors (Lipinski definition) is 0. The van der Waals surface area contributed by atoms with Gasteiger partial charge in [0.05, 0.1) is 10.5 Å². The topological polar surface area (TPSA) is 60.2 Å². The quantitative estimate of drug-likeness (QED) is 0.618. The predicted octanol–water partition coefficient (Wildman–Crippen LogP) is 3.14. The van der Waals surface area contributed by atoms with Crippen molar-refractivity contribution in [3.8, 4) is 0 Å². The molecule has 0 aliphatic carbocycles. The van der Waals surface area contributed by atoms with Crippen LogP contribution >= 0.6 is 0 Å². The maximum absolute atomic E-state index is 12.7. The molecular formula is C11H10F3NO3. The lowest BCUT2D eigenvalue weighted by atomic mass is 10.0. The normalized spacial score (nSPS) is 11.3. The molecule has 4 nitrogen and oxygen atoms in total. The molecule has 18 heavy (non-hydrogen) atoms. The van der Waals surface area contributed by atoms with E-state index >= 15 is 0 Å². The fraction of sp³-hybridized carbons (Fsp3) is 0.364. The molecule has 0 bridgehead atoms. The third kappa shape index (κ3) is 3.28. The highest BCUT2D eigenvalue weighted by molar-refractivity contribution is 5.81. The van der Waals surface area contributed by atoms with Crippen LogP contribution in [0.15, 0.2) is 18.2 Å². The first-order valence-corrected chi connectivity index (χ1v) is 5.12. The van der Waals surface area contributed by atoms with Crippen LogP contribution in [0.25, 0.3) is 0 Å². The van der Waals surface area contributed by atoms with Crippen LogP contribution in [0.2, 0.25) is 0 Å². The molecule has 0 aliphatic heterocycles. The monoisotopic (exact) mass is 261 g/mol. The second-order valence-electron chi connectivity index (χ2n) is 3.67. The average molecular weight is 261 g/mol. The summed E-state index contributed by atoms with van der Waals surface area (Å²) in [6.07, 6.45) is -4.97. The summed E-state index contributed by atoms with van der Waals surface area (Å²) in [5.41, 5.74) is -2.01. The second-order valence-corrected chi connectivity index (χ2v) is 3.67. The van der Waals surface area contributed by atoms with E-state index in [0.29, 0.717) is 6.07 Å². The van der Waals surface area contributed by atoms with Gasteiger partial charge in [0.25, 0.3) is 5.69 Å². The zero-order chi connectivity index (χ0) is 13.9. The molecule has 7 heteroatoms. The number of nitrogens with zero attached hydrogens (tertiary/aromatic N) is 1. The lowest BCUT2D eigenvalue weighted by Gasteiger charge is -2.11. The summed E-state index contributed by atoms with van der Waals surface area (Å²) in [7, 11) is 0. The molecule has 1 aromatic rings. The number of halogens is 3. The number of hydrogen-bond acceptors (Lipinski definition) is 3. The standard InChI is InChI=1S/C11H10F3NO3/c1-2-9(16)5-7-3-4-8(15(17)18)6-10(7)11(12,13)14/h3-4,6H,2,5H2,1H3. The number of nitro groups is 1. The number of ketones is 1. The highest BCUT2D eigenvalue weighted by atomic mass is 19.4. The van der Waals surface area contributed by atoms with Crippen molar-refractivity contribution in [2.75, 3.05) is 0 Å². The summed E-state index contributed by atoms with van der Waals surface area (Å²) < 4.78 is 38.1. The molecule has 0 aliphatic rings. The SMILES string of the molecule is CCC(=O)Cc1ccc([N+](=O)[O-])cc1C(F)(F)F. The van der Waals surface area contributed by atoms with Crippen LogP contribution in [0.5, 0.6) is 0 Å². The molecule has 98 valence electrons. The Labute approximate surface area is 101 Å². The van der Waals surface area contributed by atoms with Gasteiger partial charge in [-0.05, 0) is 5.56 Å². The summed E-state index contributed by atoms with van der Waals surface area (Å²) in [4.78, 5) is 20.7. The second kappa shape index (κ2) is 5.16. The van der Waals surface area contributed by atoms with Crippen LogP contribution in [-0.2, 0) is 17.4 Å². The van der Waals surface area contributed by atoms with Gasteiger partial charge in [-0.3, -0.25) is 14.9 Å². The van der Waals surface area contributed by atoms with Crippen LogP contribution in [0.1, 0.15) is 24.5 Å². The predicted molar refractivity (Wildman–Crippen MR) is 57.1 cm³/mol. The summed E-state index contributed by atoms with van der Waals surface area (Å²) in [5, 5.41) is 10.4. The molecule has 0 unspecified atom stereocenters. The van der Waals surface area contributed by atoms with Gasteiger partial charge in [-0.2, -0.15) is 13.2 Å². The third-order valence-electron chi connectivity index (χ3n) is 2.39. The van der Waals surface area contributed by atoms with Gasteiger partial charge >= 0.3 is 6.18 Å². The minimum atomic E-state index is -4.71. The first-order valence-electron chi connectivity index (χ1n) is 5.12. The minimum absolute atomic E-state index is 0.119. The molecule has 0 heterocycles. The number of rotatable bonds is 4. The Hall–Kier alpha value is -1.92. The Balaban J connectivity index is 3.26. The highest BCUT2D eigenvalue weighted by Crippen LogP contribution is 2.34. The fourth-order valence-electron chi connectivity index (χ4n) is 1.43. The molecule has 0 radical (unpaired) electrons. The van der Waals surface area contributed by atoms with E-state index < -0.39 is 22.4 Å². The van der Waals surface area contributed by atoms with E-state index in [-0.39, 0.29) is 24.2 Å².